The van der Waals surface area contributed by atoms with Gasteiger partial charge in [-0.3, -0.25) is 0 Å². The van der Waals surface area contributed by atoms with Crippen LogP contribution in [0.2, 0.25) is 0 Å². The maximum Gasteiger partial charge on any atom is 0.329 e. The Morgan fingerprint density at radius 3 is 2.21 bits per heavy atom. The average molecular weight is 272 g/mol. The van der Waals surface area contributed by atoms with Crippen molar-refractivity contribution in [2.45, 2.75) is 64.1 Å². The first-order chi connectivity index (χ1) is 8.78. The molecule has 0 spiro atoms. The quantitative estimate of drug-likeness (QED) is 0.717. The zero-order chi connectivity index (χ0) is 14.6. The highest BCUT2D eigenvalue weighted by Gasteiger charge is 2.37. The van der Waals surface area contributed by atoms with Crippen molar-refractivity contribution in [3.63, 3.8) is 0 Å². The summed E-state index contributed by atoms with van der Waals surface area (Å²) in [6.07, 6.45) is 2.56. The van der Waals surface area contributed by atoms with Crippen molar-refractivity contribution in [1.29, 1.82) is 0 Å². The number of urea groups is 1. The number of likely N-dealkylation sites (N-methyl/N-ethyl adjacent to an activating group) is 1. The number of hydrogen-bond acceptors (Lipinski definition) is 3. The van der Waals surface area contributed by atoms with Crippen LogP contribution in [0.4, 0.5) is 4.79 Å². The number of aliphatic hydroxyl groups excluding tert-OH is 1. The second-order valence-electron chi connectivity index (χ2n) is 5.56. The molecule has 1 rings (SSSR count). The van der Waals surface area contributed by atoms with E-state index in [1.165, 1.54) is 18.7 Å². The minimum Gasteiger partial charge on any atom is -0.480 e. The molecule has 0 aromatic carbocycles. The van der Waals surface area contributed by atoms with E-state index in [-0.39, 0.29) is 18.2 Å². The van der Waals surface area contributed by atoms with Crippen molar-refractivity contribution < 1.29 is 19.8 Å². The summed E-state index contributed by atoms with van der Waals surface area (Å²) in [5, 5.41) is 21.5. The Morgan fingerprint density at radius 1 is 1.26 bits per heavy atom. The maximum atomic E-state index is 12.2. The topological polar surface area (TPSA) is 89.9 Å². The third-order valence-electron chi connectivity index (χ3n) is 3.78. The highest BCUT2D eigenvalue weighted by Crippen LogP contribution is 2.20. The molecule has 0 atom stereocenters. The van der Waals surface area contributed by atoms with Crippen molar-refractivity contribution in [3.8, 4) is 0 Å². The van der Waals surface area contributed by atoms with E-state index in [1.807, 2.05) is 0 Å². The molecule has 0 bridgehead atoms. The number of hydrogen-bond donors (Lipinski definition) is 3. The number of rotatable bonds is 4. The fourth-order valence-corrected chi connectivity index (χ4v) is 2.38. The summed E-state index contributed by atoms with van der Waals surface area (Å²) in [6, 6.07) is -0.328. The summed E-state index contributed by atoms with van der Waals surface area (Å²) >= 11 is 0. The zero-order valence-corrected chi connectivity index (χ0v) is 11.8. The van der Waals surface area contributed by atoms with E-state index >= 15 is 0 Å². The molecule has 0 aromatic heterocycles. The molecule has 1 aliphatic carbocycles. The van der Waals surface area contributed by atoms with Crippen LogP contribution in [0.1, 0.15) is 46.5 Å². The van der Waals surface area contributed by atoms with Crippen LogP contribution in [-0.4, -0.2) is 51.3 Å². The first-order valence-corrected chi connectivity index (χ1v) is 6.78. The van der Waals surface area contributed by atoms with Crippen molar-refractivity contribution in [2.24, 2.45) is 0 Å². The molecule has 0 heterocycles. The van der Waals surface area contributed by atoms with Crippen LogP contribution in [0.25, 0.3) is 0 Å². The molecule has 3 N–H and O–H groups in total. The predicted molar refractivity (Wildman–Crippen MR) is 70.9 cm³/mol. The number of aliphatic carboxylic acids is 1. The lowest BCUT2D eigenvalue weighted by Crippen LogP contribution is -2.57. The Hall–Kier alpha value is -1.30. The van der Waals surface area contributed by atoms with Crippen LogP contribution in [0.3, 0.4) is 0 Å². The number of carboxylic acids is 1. The molecule has 1 aliphatic rings. The van der Waals surface area contributed by atoms with Gasteiger partial charge in [-0.2, -0.15) is 0 Å². The van der Waals surface area contributed by atoms with E-state index in [0.717, 1.165) is 12.8 Å². The fourth-order valence-electron chi connectivity index (χ4n) is 2.38. The summed E-state index contributed by atoms with van der Waals surface area (Å²) in [5.41, 5.74) is -1.23. The second-order valence-corrected chi connectivity index (χ2v) is 5.56. The standard InChI is InChI=1S/C13H24N2O4/c1-4-15(13(2,3)11(17)18)12(19)14-9-5-7-10(16)8-6-9/h9-10,16H,4-8H2,1-3H3,(H,14,19)(H,17,18). The van der Waals surface area contributed by atoms with Crippen LogP contribution < -0.4 is 5.32 Å². The van der Waals surface area contributed by atoms with Gasteiger partial charge in [-0.1, -0.05) is 0 Å². The van der Waals surface area contributed by atoms with Crippen LogP contribution in [-0.2, 0) is 4.79 Å². The van der Waals surface area contributed by atoms with Crippen molar-refractivity contribution in [1.82, 2.24) is 10.2 Å². The van der Waals surface area contributed by atoms with Gasteiger partial charge >= 0.3 is 12.0 Å². The molecule has 0 aliphatic heterocycles. The average Bonchev–Trinajstić information content (AvgIpc) is 2.32. The van der Waals surface area contributed by atoms with Gasteiger partial charge < -0.3 is 20.4 Å². The smallest absolute Gasteiger partial charge is 0.329 e. The number of nitrogens with one attached hydrogen (secondary N) is 1. The zero-order valence-electron chi connectivity index (χ0n) is 11.8. The Morgan fingerprint density at radius 2 is 1.79 bits per heavy atom. The largest absolute Gasteiger partial charge is 0.480 e. The molecule has 110 valence electrons. The van der Waals surface area contributed by atoms with Gasteiger partial charge in [0.05, 0.1) is 6.10 Å². The third-order valence-corrected chi connectivity index (χ3v) is 3.78. The van der Waals surface area contributed by atoms with Crippen molar-refractivity contribution in [3.05, 3.63) is 0 Å². The number of amides is 2. The minimum atomic E-state index is -1.23. The van der Waals surface area contributed by atoms with E-state index in [1.54, 1.807) is 6.92 Å². The lowest BCUT2D eigenvalue weighted by atomic mass is 9.93. The summed E-state index contributed by atoms with van der Waals surface area (Å²) in [4.78, 5) is 24.7. The number of carbonyl (C=O) groups is 2. The Labute approximate surface area is 113 Å². The predicted octanol–water partition coefficient (Wildman–Crippen LogP) is 1.18. The molecule has 6 heteroatoms. The Bertz CT molecular complexity index is 336. The SMILES string of the molecule is CCN(C(=O)NC1CCC(O)CC1)C(C)(C)C(=O)O. The van der Waals surface area contributed by atoms with E-state index in [0.29, 0.717) is 19.4 Å². The molecule has 0 unspecified atom stereocenters. The molecule has 0 saturated heterocycles. The van der Waals surface area contributed by atoms with E-state index in [2.05, 4.69) is 5.32 Å². The van der Waals surface area contributed by atoms with Gasteiger partial charge in [-0.15, -0.1) is 0 Å². The van der Waals surface area contributed by atoms with Gasteiger partial charge in [0.15, 0.2) is 0 Å². The molecule has 0 aromatic rings. The normalized spacial score (nSPS) is 23.8. The lowest BCUT2D eigenvalue weighted by Gasteiger charge is -2.36. The van der Waals surface area contributed by atoms with E-state index in [9.17, 15) is 19.8 Å². The van der Waals surface area contributed by atoms with Gasteiger partial charge in [-0.05, 0) is 46.5 Å². The highest BCUT2D eigenvalue weighted by molar-refractivity contribution is 5.85. The van der Waals surface area contributed by atoms with Crippen molar-refractivity contribution in [2.75, 3.05) is 6.54 Å². The summed E-state index contributed by atoms with van der Waals surface area (Å²) in [7, 11) is 0. The molecule has 2 amide bonds. The lowest BCUT2D eigenvalue weighted by molar-refractivity contribution is -0.147. The van der Waals surface area contributed by atoms with Crippen molar-refractivity contribution >= 4 is 12.0 Å². The van der Waals surface area contributed by atoms with Crippen LogP contribution in [0, 0.1) is 0 Å². The summed E-state index contributed by atoms with van der Waals surface area (Å²) < 4.78 is 0. The Balaban J connectivity index is 2.62. The van der Waals surface area contributed by atoms with Gasteiger partial charge in [0.2, 0.25) is 0 Å². The summed E-state index contributed by atoms with van der Waals surface area (Å²) in [6.45, 7) is 5.13. The molecular weight excluding hydrogens is 248 g/mol. The molecule has 1 fully saturated rings. The molecular formula is C13H24N2O4. The number of carbonyl (C=O) groups excluding carboxylic acids is 1. The Kier molecular flexibility index (Phi) is 5.17. The van der Waals surface area contributed by atoms with Gasteiger partial charge in [0.25, 0.3) is 0 Å². The second kappa shape index (κ2) is 6.23. The maximum absolute atomic E-state index is 12.2. The number of carboxylic acid groups (broad SMARTS) is 1. The molecule has 19 heavy (non-hydrogen) atoms. The van der Waals surface area contributed by atoms with Crippen LogP contribution in [0.15, 0.2) is 0 Å². The molecule has 1 saturated carbocycles. The van der Waals surface area contributed by atoms with E-state index < -0.39 is 11.5 Å². The monoisotopic (exact) mass is 272 g/mol. The summed E-state index contributed by atoms with van der Waals surface area (Å²) in [5.74, 6) is -1.02. The van der Waals surface area contributed by atoms with Crippen LogP contribution in [0.5, 0.6) is 0 Å². The number of nitrogens with zero attached hydrogens (tertiary/aromatic N) is 1. The molecule has 6 nitrogen and oxygen atoms in total. The number of aliphatic hydroxyl groups is 1. The van der Waals surface area contributed by atoms with Crippen LogP contribution >= 0.6 is 0 Å². The first kappa shape index (κ1) is 15.8. The third kappa shape index (κ3) is 3.83. The van der Waals surface area contributed by atoms with Gasteiger partial charge in [0, 0.05) is 12.6 Å². The first-order valence-electron chi connectivity index (χ1n) is 6.78. The fraction of sp³-hybridized carbons (Fsp3) is 0.846. The highest BCUT2D eigenvalue weighted by atomic mass is 16.4. The molecule has 0 radical (unpaired) electrons. The van der Waals surface area contributed by atoms with Gasteiger partial charge in [-0.25, -0.2) is 9.59 Å². The minimum absolute atomic E-state index is 0.0227. The van der Waals surface area contributed by atoms with E-state index in [4.69, 9.17) is 0 Å². The van der Waals surface area contributed by atoms with Gasteiger partial charge in [0.1, 0.15) is 5.54 Å².